The minimum Gasteiger partial charge on any atom is -0.379 e. The number of morpholine rings is 1. The van der Waals surface area contributed by atoms with Crippen molar-refractivity contribution in [1.29, 1.82) is 0 Å². The van der Waals surface area contributed by atoms with Crippen LogP contribution in [0.25, 0.3) is 0 Å². The number of nitrogens with zero attached hydrogens (tertiary/aromatic N) is 1. The summed E-state index contributed by atoms with van der Waals surface area (Å²) in [6, 6.07) is 18.1. The van der Waals surface area contributed by atoms with E-state index in [1.165, 1.54) is 22.0 Å². The second-order valence-corrected chi connectivity index (χ2v) is 10.5. The van der Waals surface area contributed by atoms with Crippen LogP contribution in [0.2, 0.25) is 0 Å². The maximum Gasteiger partial charge on any atom is 0.252 e. The van der Waals surface area contributed by atoms with Gasteiger partial charge in [-0.2, -0.15) is 4.31 Å². The van der Waals surface area contributed by atoms with Crippen LogP contribution in [0, 0.1) is 0 Å². The fraction of sp³-hybridized carbons (Fsp3) is 0.292. The van der Waals surface area contributed by atoms with Crippen molar-refractivity contribution >= 4 is 27.3 Å². The zero-order valence-electron chi connectivity index (χ0n) is 17.9. The van der Waals surface area contributed by atoms with Crippen molar-refractivity contribution in [2.24, 2.45) is 0 Å². The Hall–Kier alpha value is -2.52. The van der Waals surface area contributed by atoms with Gasteiger partial charge in [0.1, 0.15) is 0 Å². The maximum atomic E-state index is 13.0. The van der Waals surface area contributed by atoms with Crippen LogP contribution in [0.3, 0.4) is 0 Å². The lowest BCUT2D eigenvalue weighted by Crippen LogP contribution is -2.40. The summed E-state index contributed by atoms with van der Waals surface area (Å²) in [4.78, 5) is 14.2. The summed E-state index contributed by atoms with van der Waals surface area (Å²) < 4.78 is 32.3. The molecule has 1 aromatic heterocycles. The van der Waals surface area contributed by atoms with Gasteiger partial charge >= 0.3 is 0 Å². The second kappa shape index (κ2) is 9.95. The van der Waals surface area contributed by atoms with E-state index >= 15 is 0 Å². The van der Waals surface area contributed by atoms with E-state index in [1.807, 2.05) is 29.6 Å². The lowest BCUT2D eigenvalue weighted by molar-refractivity contribution is 0.0730. The van der Waals surface area contributed by atoms with Crippen molar-refractivity contribution in [1.82, 2.24) is 9.62 Å². The molecule has 1 saturated heterocycles. The predicted octanol–water partition coefficient (Wildman–Crippen LogP) is 3.85. The molecule has 1 atom stereocenters. The average Bonchev–Trinajstić information content (AvgIpc) is 3.38. The molecule has 4 rings (SSSR count). The summed E-state index contributed by atoms with van der Waals surface area (Å²) in [5, 5.41) is 5.09. The highest BCUT2D eigenvalue weighted by Gasteiger charge is 2.26. The van der Waals surface area contributed by atoms with Gasteiger partial charge in [-0.25, -0.2) is 8.42 Å². The van der Waals surface area contributed by atoms with Gasteiger partial charge < -0.3 is 10.1 Å². The predicted molar refractivity (Wildman–Crippen MR) is 125 cm³/mol. The van der Waals surface area contributed by atoms with Gasteiger partial charge in [-0.3, -0.25) is 4.79 Å². The fourth-order valence-corrected chi connectivity index (χ4v) is 5.86. The molecule has 2 aromatic carbocycles. The van der Waals surface area contributed by atoms with Crippen LogP contribution >= 0.6 is 11.3 Å². The van der Waals surface area contributed by atoms with Gasteiger partial charge in [0.2, 0.25) is 10.0 Å². The third-order valence-electron chi connectivity index (χ3n) is 5.55. The number of hydrogen-bond acceptors (Lipinski definition) is 5. The molecule has 1 N–H and O–H groups in total. The Bertz CT molecular complexity index is 1140. The van der Waals surface area contributed by atoms with Crippen molar-refractivity contribution in [2.45, 2.75) is 24.3 Å². The number of carbonyl (C=O) groups excluding carboxylic acids is 1. The molecule has 1 aliphatic heterocycles. The van der Waals surface area contributed by atoms with E-state index in [-0.39, 0.29) is 16.8 Å². The molecule has 1 amide bonds. The minimum absolute atomic E-state index is 0.181. The van der Waals surface area contributed by atoms with E-state index in [2.05, 4.69) is 24.4 Å². The molecular formula is C24H26N2O4S2. The van der Waals surface area contributed by atoms with Crippen LogP contribution in [-0.4, -0.2) is 44.9 Å². The smallest absolute Gasteiger partial charge is 0.252 e. The number of amides is 1. The first-order chi connectivity index (χ1) is 15.5. The summed E-state index contributed by atoms with van der Waals surface area (Å²) in [5.41, 5.74) is 2.66. The monoisotopic (exact) mass is 470 g/mol. The lowest BCUT2D eigenvalue weighted by atomic mass is 10.0. The summed E-state index contributed by atoms with van der Waals surface area (Å²) in [6.45, 7) is 3.57. The van der Waals surface area contributed by atoms with Gasteiger partial charge in [0.05, 0.1) is 24.2 Å². The summed E-state index contributed by atoms with van der Waals surface area (Å²) in [7, 11) is -3.59. The first kappa shape index (κ1) is 22.7. The molecule has 2 heterocycles. The van der Waals surface area contributed by atoms with Crippen molar-refractivity contribution in [3.05, 3.63) is 87.6 Å². The van der Waals surface area contributed by atoms with E-state index in [9.17, 15) is 13.2 Å². The van der Waals surface area contributed by atoms with E-state index < -0.39 is 10.0 Å². The van der Waals surface area contributed by atoms with Gasteiger partial charge in [-0.15, -0.1) is 11.3 Å². The summed E-state index contributed by atoms with van der Waals surface area (Å²) in [6.07, 6.45) is 0.954. The van der Waals surface area contributed by atoms with Gasteiger partial charge in [-0.05, 0) is 53.3 Å². The number of thiophene rings is 1. The Morgan fingerprint density at radius 1 is 1.06 bits per heavy atom. The third kappa shape index (κ3) is 4.94. The molecule has 6 nitrogen and oxygen atoms in total. The number of hydrogen-bond donors (Lipinski definition) is 1. The Morgan fingerprint density at radius 2 is 1.75 bits per heavy atom. The molecule has 168 valence electrons. The Kier molecular flexibility index (Phi) is 7.05. The van der Waals surface area contributed by atoms with E-state index in [1.54, 1.807) is 23.5 Å². The van der Waals surface area contributed by atoms with Crippen LogP contribution in [0.4, 0.5) is 0 Å². The molecule has 0 bridgehead atoms. The fourth-order valence-electron chi connectivity index (χ4n) is 3.65. The van der Waals surface area contributed by atoms with Crippen molar-refractivity contribution in [2.75, 3.05) is 26.3 Å². The van der Waals surface area contributed by atoms with Gasteiger partial charge in [-0.1, -0.05) is 37.3 Å². The standard InChI is InChI=1S/C24H26N2O4S2/c1-2-18-5-7-19(8-6-18)23(22-4-3-17-31-22)25-24(27)20-9-11-21(12-10-20)32(28,29)26-13-15-30-16-14-26/h3-12,17,23H,2,13-16H2,1H3,(H,25,27)/t23-/m1/s1. The Labute approximate surface area is 192 Å². The minimum atomic E-state index is -3.59. The number of sulfonamides is 1. The molecule has 32 heavy (non-hydrogen) atoms. The molecule has 0 spiro atoms. The number of carbonyl (C=O) groups is 1. The summed E-state index contributed by atoms with van der Waals surface area (Å²) >= 11 is 1.58. The third-order valence-corrected chi connectivity index (χ3v) is 8.40. The SMILES string of the molecule is CCc1ccc([C@@H](NC(=O)c2ccc(S(=O)(=O)N3CCOCC3)cc2)c2cccs2)cc1. The number of aryl methyl sites for hydroxylation is 1. The van der Waals surface area contributed by atoms with Crippen LogP contribution in [0.5, 0.6) is 0 Å². The van der Waals surface area contributed by atoms with E-state index in [0.717, 1.165) is 16.9 Å². The molecule has 1 fully saturated rings. The zero-order valence-corrected chi connectivity index (χ0v) is 19.5. The molecule has 0 aliphatic carbocycles. The number of benzene rings is 2. The van der Waals surface area contributed by atoms with Crippen LogP contribution in [0.1, 0.15) is 39.3 Å². The second-order valence-electron chi connectivity index (χ2n) is 7.56. The Balaban J connectivity index is 1.53. The molecule has 1 aliphatic rings. The van der Waals surface area contributed by atoms with E-state index in [0.29, 0.717) is 31.9 Å². The zero-order chi connectivity index (χ0) is 22.6. The molecule has 0 radical (unpaired) electrons. The topological polar surface area (TPSA) is 75.7 Å². The first-order valence-electron chi connectivity index (χ1n) is 10.6. The van der Waals surface area contributed by atoms with Crippen LogP contribution in [-0.2, 0) is 21.2 Å². The highest BCUT2D eigenvalue weighted by atomic mass is 32.2. The van der Waals surface area contributed by atoms with Crippen molar-refractivity contribution in [3.8, 4) is 0 Å². The normalized spacial score (nSPS) is 15.9. The molecule has 0 saturated carbocycles. The number of nitrogens with one attached hydrogen (secondary N) is 1. The summed E-state index contributed by atoms with van der Waals surface area (Å²) in [5.74, 6) is -0.252. The quantitative estimate of drug-likeness (QED) is 0.569. The number of ether oxygens (including phenoxy) is 1. The highest BCUT2D eigenvalue weighted by molar-refractivity contribution is 7.89. The average molecular weight is 471 g/mol. The van der Waals surface area contributed by atoms with E-state index in [4.69, 9.17) is 4.74 Å². The molecule has 3 aromatic rings. The molecule has 8 heteroatoms. The van der Waals surface area contributed by atoms with Gasteiger partial charge in [0, 0.05) is 23.5 Å². The number of rotatable bonds is 7. The van der Waals surface area contributed by atoms with Crippen molar-refractivity contribution < 1.29 is 17.9 Å². The van der Waals surface area contributed by atoms with Gasteiger partial charge in [0.15, 0.2) is 0 Å². The maximum absolute atomic E-state index is 13.0. The van der Waals surface area contributed by atoms with Crippen LogP contribution < -0.4 is 5.32 Å². The lowest BCUT2D eigenvalue weighted by Gasteiger charge is -2.26. The first-order valence-corrected chi connectivity index (χ1v) is 12.9. The van der Waals surface area contributed by atoms with Gasteiger partial charge in [0.25, 0.3) is 5.91 Å². The largest absolute Gasteiger partial charge is 0.379 e. The molecule has 0 unspecified atom stereocenters. The highest BCUT2D eigenvalue weighted by Crippen LogP contribution is 2.27. The van der Waals surface area contributed by atoms with Crippen LogP contribution in [0.15, 0.2) is 70.9 Å². The Morgan fingerprint density at radius 3 is 2.34 bits per heavy atom. The van der Waals surface area contributed by atoms with Crippen molar-refractivity contribution in [3.63, 3.8) is 0 Å². The molecular weight excluding hydrogens is 444 g/mol.